The van der Waals surface area contributed by atoms with Crippen LogP contribution >= 0.6 is 0 Å². The van der Waals surface area contributed by atoms with Crippen molar-refractivity contribution in [3.8, 4) is 0 Å². The highest BCUT2D eigenvalue weighted by Crippen LogP contribution is 2.14. The average molecular weight is 398 g/mol. The van der Waals surface area contributed by atoms with E-state index >= 15 is 0 Å². The molecule has 0 aromatic carbocycles. The number of carbonyl (C=O) groups is 3. The molecule has 164 valence electrons. The molecule has 0 aromatic rings. The lowest BCUT2D eigenvalue weighted by atomic mass is 10.1. The molecule has 2 amide bonds. The van der Waals surface area contributed by atoms with Gasteiger partial charge in [-0.1, -0.05) is 90.9 Å². The molecule has 5 heteroatoms. The number of nitrogens with zero attached hydrogens (tertiary/aromatic N) is 1. The van der Waals surface area contributed by atoms with E-state index < -0.39 is 12.0 Å². The van der Waals surface area contributed by atoms with Crippen molar-refractivity contribution < 1.29 is 19.5 Å². The first-order valence-corrected chi connectivity index (χ1v) is 11.5. The van der Waals surface area contributed by atoms with E-state index in [1.807, 2.05) is 0 Å². The molecule has 0 saturated carbocycles. The molecule has 0 aliphatic heterocycles. The lowest BCUT2D eigenvalue weighted by Crippen LogP contribution is -2.47. The first-order valence-electron chi connectivity index (χ1n) is 11.5. The smallest absolute Gasteiger partial charge is 0.326 e. The van der Waals surface area contributed by atoms with Crippen LogP contribution in [0.1, 0.15) is 124 Å². The van der Waals surface area contributed by atoms with Gasteiger partial charge >= 0.3 is 5.97 Å². The molecule has 0 rings (SSSR count). The number of imide groups is 1. The summed E-state index contributed by atoms with van der Waals surface area (Å²) in [5, 5.41) is 9.29. The molecule has 0 spiro atoms. The maximum absolute atomic E-state index is 12.5. The number of aliphatic carboxylic acids is 1. The van der Waals surface area contributed by atoms with Gasteiger partial charge in [-0.3, -0.25) is 14.5 Å². The van der Waals surface area contributed by atoms with E-state index in [2.05, 4.69) is 13.8 Å². The predicted molar refractivity (Wildman–Crippen MR) is 114 cm³/mol. The van der Waals surface area contributed by atoms with Crippen molar-refractivity contribution >= 4 is 17.8 Å². The van der Waals surface area contributed by atoms with E-state index in [0.717, 1.165) is 43.4 Å². The summed E-state index contributed by atoms with van der Waals surface area (Å²) in [6.07, 6.45) is 15.8. The van der Waals surface area contributed by atoms with Gasteiger partial charge in [-0.15, -0.1) is 0 Å². The lowest BCUT2D eigenvalue weighted by molar-refractivity contribution is -0.157. The van der Waals surface area contributed by atoms with Crippen LogP contribution in [-0.4, -0.2) is 33.8 Å². The summed E-state index contributed by atoms with van der Waals surface area (Å²) in [5.74, 6) is -1.80. The van der Waals surface area contributed by atoms with Crippen LogP contribution in [0.4, 0.5) is 0 Å². The van der Waals surface area contributed by atoms with Crippen LogP contribution in [0.5, 0.6) is 0 Å². The first kappa shape index (κ1) is 26.6. The Morgan fingerprint density at radius 1 is 0.643 bits per heavy atom. The highest BCUT2D eigenvalue weighted by Gasteiger charge is 2.30. The van der Waals surface area contributed by atoms with Crippen molar-refractivity contribution in [3.63, 3.8) is 0 Å². The summed E-state index contributed by atoms with van der Waals surface area (Å²) in [5.41, 5.74) is 0. The number of carbonyl (C=O) groups excluding carboxylic acids is 2. The fourth-order valence-corrected chi connectivity index (χ4v) is 3.39. The van der Waals surface area contributed by atoms with Gasteiger partial charge in [0.15, 0.2) is 0 Å². The Balaban J connectivity index is 4.30. The maximum atomic E-state index is 12.5. The summed E-state index contributed by atoms with van der Waals surface area (Å²) in [6.45, 7) is 5.79. The lowest BCUT2D eigenvalue weighted by Gasteiger charge is -2.25. The Bertz CT molecular complexity index is 406. The largest absolute Gasteiger partial charge is 0.480 e. The highest BCUT2D eigenvalue weighted by molar-refractivity contribution is 5.99. The summed E-state index contributed by atoms with van der Waals surface area (Å²) in [4.78, 5) is 37.4. The van der Waals surface area contributed by atoms with Crippen molar-refractivity contribution in [1.82, 2.24) is 4.90 Å². The van der Waals surface area contributed by atoms with Crippen LogP contribution < -0.4 is 0 Å². The predicted octanol–water partition coefficient (Wildman–Crippen LogP) is 6.10. The molecular formula is C23H43NO4. The van der Waals surface area contributed by atoms with Crippen LogP contribution in [0.15, 0.2) is 0 Å². The molecule has 28 heavy (non-hydrogen) atoms. The van der Waals surface area contributed by atoms with Gasteiger partial charge in [0, 0.05) is 12.8 Å². The van der Waals surface area contributed by atoms with Crippen molar-refractivity contribution in [3.05, 3.63) is 0 Å². The number of unbranched alkanes of at least 4 members (excludes halogenated alkanes) is 12. The quantitative estimate of drug-likeness (QED) is 0.284. The molecule has 0 saturated heterocycles. The van der Waals surface area contributed by atoms with Gasteiger partial charge in [0.1, 0.15) is 6.04 Å². The van der Waals surface area contributed by atoms with Crippen molar-refractivity contribution in [1.29, 1.82) is 0 Å². The van der Waals surface area contributed by atoms with Gasteiger partial charge in [0.05, 0.1) is 0 Å². The highest BCUT2D eigenvalue weighted by atomic mass is 16.4. The number of hydrogen-bond donors (Lipinski definition) is 1. The Morgan fingerprint density at radius 3 is 1.29 bits per heavy atom. The third kappa shape index (κ3) is 12.9. The minimum atomic E-state index is -1.12. The molecule has 0 fully saturated rings. The van der Waals surface area contributed by atoms with Gasteiger partial charge in [0.2, 0.25) is 11.8 Å². The number of amides is 2. The van der Waals surface area contributed by atoms with Gasteiger partial charge in [0.25, 0.3) is 0 Å². The van der Waals surface area contributed by atoms with E-state index in [9.17, 15) is 19.5 Å². The van der Waals surface area contributed by atoms with Gasteiger partial charge in [-0.25, -0.2) is 4.79 Å². The van der Waals surface area contributed by atoms with Crippen molar-refractivity contribution in [2.75, 3.05) is 0 Å². The summed E-state index contributed by atoms with van der Waals surface area (Å²) < 4.78 is 0. The molecule has 0 radical (unpaired) electrons. The number of carboxylic acids is 1. The summed E-state index contributed by atoms with van der Waals surface area (Å²) >= 11 is 0. The van der Waals surface area contributed by atoms with Crippen LogP contribution in [-0.2, 0) is 14.4 Å². The minimum Gasteiger partial charge on any atom is -0.480 e. The third-order valence-corrected chi connectivity index (χ3v) is 5.27. The van der Waals surface area contributed by atoms with E-state index in [0.29, 0.717) is 0 Å². The van der Waals surface area contributed by atoms with Gasteiger partial charge < -0.3 is 5.11 Å². The first-order chi connectivity index (χ1) is 13.5. The molecule has 0 bridgehead atoms. The number of carboxylic acid groups (broad SMARTS) is 1. The number of rotatable bonds is 18. The molecule has 0 aliphatic carbocycles. The Labute approximate surface area is 172 Å². The van der Waals surface area contributed by atoms with Gasteiger partial charge in [-0.2, -0.15) is 0 Å². The summed E-state index contributed by atoms with van der Waals surface area (Å²) in [6, 6.07) is -1.09. The molecule has 5 nitrogen and oxygen atoms in total. The van der Waals surface area contributed by atoms with Crippen molar-refractivity contribution in [2.24, 2.45) is 0 Å². The fourth-order valence-electron chi connectivity index (χ4n) is 3.39. The molecule has 0 aromatic heterocycles. The van der Waals surface area contributed by atoms with E-state index in [4.69, 9.17) is 0 Å². The topological polar surface area (TPSA) is 74.7 Å². The zero-order valence-electron chi connectivity index (χ0n) is 18.5. The van der Waals surface area contributed by atoms with Crippen LogP contribution in [0, 0.1) is 0 Å². The second kappa shape index (κ2) is 17.7. The van der Waals surface area contributed by atoms with Crippen LogP contribution in [0.25, 0.3) is 0 Å². The summed E-state index contributed by atoms with van der Waals surface area (Å²) in [7, 11) is 0. The minimum absolute atomic E-state index is 0.258. The zero-order chi connectivity index (χ0) is 21.2. The normalized spacial score (nSPS) is 12.0. The third-order valence-electron chi connectivity index (χ3n) is 5.27. The maximum Gasteiger partial charge on any atom is 0.326 e. The van der Waals surface area contributed by atoms with E-state index in [-0.39, 0.29) is 24.7 Å². The Kier molecular flexibility index (Phi) is 16.8. The van der Waals surface area contributed by atoms with E-state index in [1.54, 1.807) is 0 Å². The second-order valence-electron chi connectivity index (χ2n) is 7.91. The molecule has 0 unspecified atom stereocenters. The second-order valence-corrected chi connectivity index (χ2v) is 7.91. The fraction of sp³-hybridized carbons (Fsp3) is 0.870. The van der Waals surface area contributed by atoms with Crippen LogP contribution in [0.3, 0.4) is 0 Å². The molecule has 0 heterocycles. The zero-order valence-corrected chi connectivity index (χ0v) is 18.5. The monoisotopic (exact) mass is 397 g/mol. The van der Waals surface area contributed by atoms with Crippen molar-refractivity contribution in [2.45, 2.75) is 130 Å². The molecule has 1 N–H and O–H groups in total. The average Bonchev–Trinajstić information content (AvgIpc) is 2.66. The molecular weight excluding hydrogens is 354 g/mol. The number of hydrogen-bond acceptors (Lipinski definition) is 3. The Morgan fingerprint density at radius 2 is 0.964 bits per heavy atom. The SMILES string of the molecule is CCCCCCCCCC(=O)N(C(=O)CCCCCCCCC)[C@@H](C)C(=O)O. The van der Waals surface area contributed by atoms with E-state index in [1.165, 1.54) is 58.3 Å². The standard InChI is InChI=1S/C23H43NO4/c1-4-6-8-10-12-14-16-18-21(25)24(20(3)23(27)28)22(26)19-17-15-13-11-9-7-5-2/h20H,4-19H2,1-3H3,(H,27,28)/t20-/m0/s1. The molecule has 0 aliphatic rings. The van der Waals surface area contributed by atoms with Gasteiger partial charge in [-0.05, 0) is 19.8 Å². The Hall–Kier alpha value is -1.39. The van der Waals surface area contributed by atoms with Crippen LogP contribution in [0.2, 0.25) is 0 Å². The molecule has 1 atom stereocenters.